The molecule has 5 nitrogen and oxygen atoms in total. The summed E-state index contributed by atoms with van der Waals surface area (Å²) in [5.74, 6) is 5.11. The monoisotopic (exact) mass is 326 g/mol. The smallest absolute Gasteiger partial charge is 0.244 e. The lowest BCUT2D eigenvalue weighted by atomic mass is 10.2. The SMILES string of the molecule is CC(CC#N)N(C)S(=O)(=O)c1ccc(C#CCO)cc1Cl. The number of hydrogen-bond acceptors (Lipinski definition) is 4. The van der Waals surface area contributed by atoms with Gasteiger partial charge in [0.05, 0.1) is 17.5 Å². The number of benzene rings is 1. The van der Waals surface area contributed by atoms with E-state index in [1.165, 1.54) is 25.2 Å². The fourth-order valence-electron chi connectivity index (χ4n) is 1.58. The van der Waals surface area contributed by atoms with Crippen molar-refractivity contribution in [2.45, 2.75) is 24.3 Å². The van der Waals surface area contributed by atoms with Gasteiger partial charge in [-0.3, -0.25) is 0 Å². The maximum absolute atomic E-state index is 12.5. The minimum atomic E-state index is -3.78. The Bertz CT molecular complexity index is 714. The molecule has 7 heteroatoms. The van der Waals surface area contributed by atoms with E-state index in [-0.39, 0.29) is 22.9 Å². The highest BCUT2D eigenvalue weighted by Crippen LogP contribution is 2.26. The molecular formula is C14H15ClN2O3S. The van der Waals surface area contributed by atoms with Crippen LogP contribution in [-0.4, -0.2) is 37.5 Å². The number of nitriles is 1. The van der Waals surface area contributed by atoms with Gasteiger partial charge >= 0.3 is 0 Å². The molecule has 21 heavy (non-hydrogen) atoms. The van der Waals surface area contributed by atoms with Gasteiger partial charge in [0.2, 0.25) is 10.0 Å². The average Bonchev–Trinajstić information content (AvgIpc) is 2.44. The van der Waals surface area contributed by atoms with E-state index in [0.29, 0.717) is 5.56 Å². The van der Waals surface area contributed by atoms with Crippen molar-refractivity contribution >= 4 is 21.6 Å². The molecular weight excluding hydrogens is 312 g/mol. The van der Waals surface area contributed by atoms with Crippen molar-refractivity contribution in [3.8, 4) is 17.9 Å². The third-order valence-corrected chi connectivity index (χ3v) is 5.36. The van der Waals surface area contributed by atoms with Crippen LogP contribution < -0.4 is 0 Å². The zero-order valence-corrected chi connectivity index (χ0v) is 13.2. The highest BCUT2D eigenvalue weighted by Gasteiger charge is 2.27. The average molecular weight is 327 g/mol. The largest absolute Gasteiger partial charge is 0.384 e. The summed E-state index contributed by atoms with van der Waals surface area (Å²) >= 11 is 6.02. The van der Waals surface area contributed by atoms with Gasteiger partial charge in [0.15, 0.2) is 0 Å². The molecule has 1 aromatic rings. The Kier molecular flexibility index (Phi) is 6.19. The first kappa shape index (κ1) is 17.5. The summed E-state index contributed by atoms with van der Waals surface area (Å²) < 4.78 is 26.0. The second-order valence-electron chi connectivity index (χ2n) is 4.34. The highest BCUT2D eigenvalue weighted by molar-refractivity contribution is 7.89. The molecule has 0 aromatic heterocycles. The van der Waals surface area contributed by atoms with Crippen molar-refractivity contribution in [1.82, 2.24) is 4.31 Å². The lowest BCUT2D eigenvalue weighted by Crippen LogP contribution is -2.35. The molecule has 1 unspecified atom stereocenters. The van der Waals surface area contributed by atoms with Crippen molar-refractivity contribution in [2.75, 3.05) is 13.7 Å². The number of aliphatic hydroxyl groups is 1. The fourth-order valence-corrected chi connectivity index (χ4v) is 3.46. The first-order valence-electron chi connectivity index (χ1n) is 6.09. The van der Waals surface area contributed by atoms with E-state index in [2.05, 4.69) is 11.8 Å². The van der Waals surface area contributed by atoms with Gasteiger partial charge in [-0.2, -0.15) is 9.57 Å². The van der Waals surface area contributed by atoms with E-state index >= 15 is 0 Å². The lowest BCUT2D eigenvalue weighted by molar-refractivity contribution is 0.350. The second-order valence-corrected chi connectivity index (χ2v) is 6.71. The predicted octanol–water partition coefficient (Wildman–Crippen LogP) is 1.61. The first-order valence-corrected chi connectivity index (χ1v) is 7.90. The Morgan fingerprint density at radius 1 is 1.48 bits per heavy atom. The number of rotatable bonds is 4. The van der Waals surface area contributed by atoms with Gasteiger partial charge < -0.3 is 5.11 Å². The molecule has 0 radical (unpaired) electrons. The van der Waals surface area contributed by atoms with Crippen LogP contribution in [0.5, 0.6) is 0 Å². The topological polar surface area (TPSA) is 81.4 Å². The van der Waals surface area contributed by atoms with Gasteiger partial charge in [0.25, 0.3) is 0 Å². The normalized spacial score (nSPS) is 12.4. The molecule has 112 valence electrons. The van der Waals surface area contributed by atoms with Gasteiger partial charge in [-0.15, -0.1) is 0 Å². The van der Waals surface area contributed by atoms with Crippen LogP contribution in [0.15, 0.2) is 23.1 Å². The maximum atomic E-state index is 12.5. The highest BCUT2D eigenvalue weighted by atomic mass is 35.5. The van der Waals surface area contributed by atoms with Crippen LogP contribution in [0.3, 0.4) is 0 Å². The van der Waals surface area contributed by atoms with E-state index in [0.717, 1.165) is 4.31 Å². The van der Waals surface area contributed by atoms with Gasteiger partial charge in [-0.1, -0.05) is 23.4 Å². The second kappa shape index (κ2) is 7.44. The molecule has 0 aliphatic heterocycles. The standard InChI is InChI=1S/C14H15ClN2O3S/c1-11(7-8-16)17(2)21(19,20)14-6-5-12(4-3-9-18)10-13(14)15/h5-6,10-11,18H,7,9H2,1-2H3. The van der Waals surface area contributed by atoms with Crippen LogP contribution >= 0.6 is 11.6 Å². The van der Waals surface area contributed by atoms with Crippen molar-refractivity contribution in [3.05, 3.63) is 28.8 Å². The molecule has 1 N–H and O–H groups in total. The minimum absolute atomic E-state index is 0.0361. The van der Waals surface area contributed by atoms with Crippen LogP contribution in [0.4, 0.5) is 0 Å². The Hall–Kier alpha value is -1.57. The van der Waals surface area contributed by atoms with E-state index < -0.39 is 16.1 Å². The quantitative estimate of drug-likeness (QED) is 0.852. The van der Waals surface area contributed by atoms with Crippen molar-refractivity contribution in [1.29, 1.82) is 5.26 Å². The summed E-state index contributed by atoms with van der Waals surface area (Å²) in [5, 5.41) is 17.3. The summed E-state index contributed by atoms with van der Waals surface area (Å²) in [7, 11) is -2.37. The van der Waals surface area contributed by atoms with E-state index in [4.69, 9.17) is 22.0 Å². The maximum Gasteiger partial charge on any atom is 0.244 e. The van der Waals surface area contributed by atoms with Crippen LogP contribution in [-0.2, 0) is 10.0 Å². The molecule has 0 aliphatic rings. The molecule has 0 spiro atoms. The number of aliphatic hydroxyl groups excluding tert-OH is 1. The molecule has 1 rings (SSSR count). The van der Waals surface area contributed by atoms with Gasteiger partial charge in [0.1, 0.15) is 11.5 Å². The summed E-state index contributed by atoms with van der Waals surface area (Å²) in [5.41, 5.74) is 0.515. The van der Waals surface area contributed by atoms with Gasteiger partial charge in [-0.05, 0) is 25.1 Å². The van der Waals surface area contributed by atoms with Crippen LogP contribution in [0.1, 0.15) is 18.9 Å². The molecule has 0 aliphatic carbocycles. The number of hydrogen-bond donors (Lipinski definition) is 1. The molecule has 1 atom stereocenters. The summed E-state index contributed by atoms with van der Waals surface area (Å²) in [4.78, 5) is -0.0361. The molecule has 1 aromatic carbocycles. The third-order valence-electron chi connectivity index (χ3n) is 2.91. The number of sulfonamides is 1. The Morgan fingerprint density at radius 3 is 2.67 bits per heavy atom. The molecule has 0 heterocycles. The van der Waals surface area contributed by atoms with Crippen LogP contribution in [0, 0.1) is 23.2 Å². The lowest BCUT2D eigenvalue weighted by Gasteiger charge is -2.22. The van der Waals surface area contributed by atoms with Crippen LogP contribution in [0.2, 0.25) is 5.02 Å². The van der Waals surface area contributed by atoms with Crippen molar-refractivity contribution in [2.24, 2.45) is 0 Å². The summed E-state index contributed by atoms with van der Waals surface area (Å²) in [6, 6.07) is 5.80. The van der Waals surface area contributed by atoms with Gasteiger partial charge in [-0.25, -0.2) is 8.42 Å². The Balaban J connectivity index is 3.18. The molecule has 0 fully saturated rings. The fraction of sp³-hybridized carbons (Fsp3) is 0.357. The van der Waals surface area contributed by atoms with Crippen LogP contribution in [0.25, 0.3) is 0 Å². The Labute approximate surface area is 129 Å². The number of nitrogens with zero attached hydrogens (tertiary/aromatic N) is 2. The molecule has 0 amide bonds. The summed E-state index contributed by atoms with van der Waals surface area (Å²) in [6.07, 6.45) is 0.0907. The zero-order valence-electron chi connectivity index (χ0n) is 11.7. The summed E-state index contributed by atoms with van der Waals surface area (Å²) in [6.45, 7) is 1.36. The molecule has 0 saturated heterocycles. The molecule has 0 bridgehead atoms. The zero-order chi connectivity index (χ0) is 16.0. The van der Waals surface area contributed by atoms with E-state index in [9.17, 15) is 8.42 Å². The Morgan fingerprint density at radius 2 is 2.14 bits per heavy atom. The predicted molar refractivity (Wildman–Crippen MR) is 80.1 cm³/mol. The molecule has 0 saturated carbocycles. The first-order chi connectivity index (χ1) is 9.84. The van der Waals surface area contributed by atoms with E-state index in [1.807, 2.05) is 6.07 Å². The number of halogens is 1. The van der Waals surface area contributed by atoms with Gasteiger partial charge in [0, 0.05) is 18.7 Å². The minimum Gasteiger partial charge on any atom is -0.384 e. The van der Waals surface area contributed by atoms with E-state index in [1.54, 1.807) is 6.92 Å². The third kappa shape index (κ3) is 4.20. The van der Waals surface area contributed by atoms with Crippen molar-refractivity contribution < 1.29 is 13.5 Å². The van der Waals surface area contributed by atoms with Crippen molar-refractivity contribution in [3.63, 3.8) is 0 Å².